The molecular formula is C23H23FN6O4. The zero-order valence-corrected chi connectivity index (χ0v) is 19.3. The van der Waals surface area contributed by atoms with Gasteiger partial charge >= 0.3 is 5.69 Å². The third-order valence-electron chi connectivity index (χ3n) is 5.79. The summed E-state index contributed by atoms with van der Waals surface area (Å²) in [6.45, 7) is 1.91. The molecule has 34 heavy (non-hydrogen) atoms. The van der Waals surface area contributed by atoms with Crippen LogP contribution in [0.5, 0.6) is 11.5 Å². The first-order valence-electron chi connectivity index (χ1n) is 10.1. The number of ether oxygens (including phenoxy) is 2. The van der Waals surface area contributed by atoms with Gasteiger partial charge in [-0.3, -0.25) is 23.8 Å². The summed E-state index contributed by atoms with van der Waals surface area (Å²) in [5.41, 5.74) is 3.69. The number of hydrogen-bond acceptors (Lipinski definition) is 6. The first kappa shape index (κ1) is 22.9. The maximum Gasteiger partial charge on any atom is 0.333 e. The molecule has 10 nitrogen and oxygen atoms in total. The zero-order valence-electron chi connectivity index (χ0n) is 19.3. The molecular weight excluding hydrogens is 443 g/mol. The van der Waals surface area contributed by atoms with Crippen molar-refractivity contribution in [1.29, 1.82) is 0 Å². The number of fused-ring (bicyclic) bond motifs is 3. The lowest BCUT2D eigenvalue weighted by Gasteiger charge is -2.13. The van der Waals surface area contributed by atoms with Gasteiger partial charge in [-0.15, -0.1) is 0 Å². The van der Waals surface area contributed by atoms with Crippen molar-refractivity contribution in [3.8, 4) is 28.3 Å². The fourth-order valence-corrected chi connectivity index (χ4v) is 4.25. The molecule has 0 bridgehead atoms. The molecule has 0 amide bonds. The molecule has 0 aliphatic carbocycles. The lowest BCUT2D eigenvalue weighted by molar-refractivity contribution is 0.406. The van der Waals surface area contributed by atoms with Crippen molar-refractivity contribution in [2.24, 2.45) is 14.1 Å². The van der Waals surface area contributed by atoms with E-state index in [0.29, 0.717) is 27.7 Å². The van der Waals surface area contributed by atoms with Crippen LogP contribution in [0.1, 0.15) is 5.69 Å². The van der Waals surface area contributed by atoms with Gasteiger partial charge in [0.2, 0.25) is 0 Å². The van der Waals surface area contributed by atoms with E-state index in [1.54, 1.807) is 31.1 Å². The minimum Gasteiger partial charge on any atom is -0.496 e. The molecule has 0 saturated heterocycles. The molecule has 0 aliphatic heterocycles. The van der Waals surface area contributed by atoms with Crippen molar-refractivity contribution in [1.82, 2.24) is 28.9 Å². The lowest BCUT2D eigenvalue weighted by Crippen LogP contribution is -2.22. The van der Waals surface area contributed by atoms with Gasteiger partial charge in [0.05, 0.1) is 55.1 Å². The highest BCUT2D eigenvalue weighted by Crippen LogP contribution is 2.38. The van der Waals surface area contributed by atoms with Gasteiger partial charge in [-0.1, -0.05) is 0 Å². The number of aromatic nitrogens is 6. The molecule has 0 fully saturated rings. The van der Waals surface area contributed by atoms with Crippen LogP contribution in [0.2, 0.25) is 0 Å². The van der Waals surface area contributed by atoms with E-state index < -0.39 is 11.5 Å². The SMILES string of the molecule is COc1cc2ncc3c(c2cc1-c1cn(C)nc1C)n(-c1c(F)cncc1OC)c(=O)n3C.O. The van der Waals surface area contributed by atoms with Crippen LogP contribution in [0.15, 0.2) is 41.7 Å². The monoisotopic (exact) mass is 466 g/mol. The fourth-order valence-electron chi connectivity index (χ4n) is 4.25. The van der Waals surface area contributed by atoms with Crippen LogP contribution in [0.25, 0.3) is 38.8 Å². The van der Waals surface area contributed by atoms with Gasteiger partial charge in [0, 0.05) is 42.9 Å². The highest BCUT2D eigenvalue weighted by atomic mass is 19.1. The van der Waals surface area contributed by atoms with E-state index in [1.165, 1.54) is 22.4 Å². The molecule has 0 saturated carbocycles. The van der Waals surface area contributed by atoms with Gasteiger partial charge in [-0.2, -0.15) is 5.10 Å². The van der Waals surface area contributed by atoms with Crippen LogP contribution in [0.3, 0.4) is 0 Å². The normalized spacial score (nSPS) is 11.1. The van der Waals surface area contributed by atoms with Crippen LogP contribution >= 0.6 is 0 Å². The molecule has 5 aromatic rings. The maximum absolute atomic E-state index is 15.0. The summed E-state index contributed by atoms with van der Waals surface area (Å²) < 4.78 is 30.4. The van der Waals surface area contributed by atoms with Crippen molar-refractivity contribution >= 4 is 21.9 Å². The molecule has 4 heterocycles. The van der Waals surface area contributed by atoms with Crippen LogP contribution in [0, 0.1) is 12.7 Å². The lowest BCUT2D eigenvalue weighted by atomic mass is 10.0. The second-order valence-electron chi connectivity index (χ2n) is 7.71. The van der Waals surface area contributed by atoms with Gasteiger partial charge in [-0.05, 0) is 13.0 Å². The largest absolute Gasteiger partial charge is 0.496 e. The highest BCUT2D eigenvalue weighted by molar-refractivity contribution is 6.06. The average Bonchev–Trinajstić information content (AvgIpc) is 3.27. The minimum absolute atomic E-state index is 0. The number of methoxy groups -OCH3 is 2. The van der Waals surface area contributed by atoms with Crippen molar-refractivity contribution in [2.75, 3.05) is 14.2 Å². The molecule has 0 atom stereocenters. The summed E-state index contributed by atoms with van der Waals surface area (Å²) in [6, 6.07) is 3.70. The Hall–Kier alpha value is -4.25. The molecule has 0 unspecified atom stereocenters. The predicted molar refractivity (Wildman–Crippen MR) is 125 cm³/mol. The molecule has 4 aromatic heterocycles. The molecule has 0 spiro atoms. The highest BCUT2D eigenvalue weighted by Gasteiger charge is 2.23. The van der Waals surface area contributed by atoms with E-state index in [0.717, 1.165) is 23.0 Å². The molecule has 0 radical (unpaired) electrons. The van der Waals surface area contributed by atoms with Crippen LogP contribution in [-0.4, -0.2) is 48.6 Å². The fraction of sp³-hybridized carbons (Fsp3) is 0.217. The topological polar surface area (TPSA) is 120 Å². The number of hydrogen-bond donors (Lipinski definition) is 0. The number of rotatable bonds is 4. The summed E-state index contributed by atoms with van der Waals surface area (Å²) in [6.07, 6.45) is 5.92. The quantitative estimate of drug-likeness (QED) is 0.401. The molecule has 2 N–H and O–H groups in total. The summed E-state index contributed by atoms with van der Waals surface area (Å²) in [5.74, 6) is 0.0834. The Bertz CT molecular complexity index is 1620. The second-order valence-corrected chi connectivity index (χ2v) is 7.71. The van der Waals surface area contributed by atoms with Crippen LogP contribution < -0.4 is 15.2 Å². The Morgan fingerprint density at radius 2 is 1.74 bits per heavy atom. The Morgan fingerprint density at radius 3 is 2.38 bits per heavy atom. The van der Waals surface area contributed by atoms with E-state index in [4.69, 9.17) is 9.47 Å². The third-order valence-corrected chi connectivity index (χ3v) is 5.79. The minimum atomic E-state index is -0.675. The number of nitrogens with zero attached hydrogens (tertiary/aromatic N) is 6. The van der Waals surface area contributed by atoms with Crippen LogP contribution in [0.4, 0.5) is 4.39 Å². The van der Waals surface area contributed by atoms with E-state index >= 15 is 4.39 Å². The number of aryl methyl sites for hydroxylation is 3. The number of halogens is 1. The van der Waals surface area contributed by atoms with Gasteiger partial charge in [0.1, 0.15) is 11.4 Å². The Labute approximate surface area is 193 Å². The molecule has 11 heteroatoms. The summed E-state index contributed by atoms with van der Waals surface area (Å²) in [7, 11) is 6.46. The molecule has 5 rings (SSSR count). The van der Waals surface area contributed by atoms with E-state index in [2.05, 4.69) is 15.1 Å². The first-order chi connectivity index (χ1) is 15.8. The summed E-state index contributed by atoms with van der Waals surface area (Å²) in [4.78, 5) is 21.7. The standard InChI is InChI=1S/C23H21FN6O3.H2O/c1-12-15(11-28(2)27-12)13-6-14-17(7-19(13)32-4)26-9-18-21(14)30(23(31)29(18)3)22-16(24)8-25-10-20(22)33-5;/h6-11H,1-5H3;1H2. The van der Waals surface area contributed by atoms with Gasteiger partial charge in [-0.25, -0.2) is 9.18 Å². The van der Waals surface area contributed by atoms with Gasteiger partial charge < -0.3 is 14.9 Å². The van der Waals surface area contributed by atoms with Crippen LogP contribution in [-0.2, 0) is 14.1 Å². The molecule has 1 aromatic carbocycles. The van der Waals surface area contributed by atoms with Gasteiger partial charge in [0.15, 0.2) is 11.6 Å². The Morgan fingerprint density at radius 1 is 1.00 bits per heavy atom. The number of benzene rings is 1. The average molecular weight is 466 g/mol. The van der Waals surface area contributed by atoms with Crippen molar-refractivity contribution < 1.29 is 19.3 Å². The van der Waals surface area contributed by atoms with E-state index in [9.17, 15) is 4.79 Å². The summed E-state index contributed by atoms with van der Waals surface area (Å²) >= 11 is 0. The predicted octanol–water partition coefficient (Wildman–Crippen LogP) is 2.31. The van der Waals surface area contributed by atoms with Crippen molar-refractivity contribution in [3.63, 3.8) is 0 Å². The maximum atomic E-state index is 15.0. The summed E-state index contributed by atoms with van der Waals surface area (Å²) in [5, 5.41) is 5.09. The number of pyridine rings is 2. The first-order valence-corrected chi connectivity index (χ1v) is 10.1. The van der Waals surface area contributed by atoms with Gasteiger partial charge in [0.25, 0.3) is 0 Å². The number of imidazole rings is 1. The van der Waals surface area contributed by atoms with E-state index in [1.807, 2.05) is 26.2 Å². The smallest absolute Gasteiger partial charge is 0.333 e. The molecule has 176 valence electrons. The Kier molecular flexibility index (Phi) is 5.57. The zero-order chi connectivity index (χ0) is 23.4. The molecule has 0 aliphatic rings. The van der Waals surface area contributed by atoms with Crippen molar-refractivity contribution in [2.45, 2.75) is 6.92 Å². The second kappa shape index (κ2) is 8.27. The van der Waals surface area contributed by atoms with E-state index in [-0.39, 0.29) is 16.9 Å². The third kappa shape index (κ3) is 3.20. The van der Waals surface area contributed by atoms with Crippen molar-refractivity contribution in [3.05, 3.63) is 58.9 Å². The Balaban J connectivity index is 0.00000274.